The van der Waals surface area contributed by atoms with E-state index >= 15 is 0 Å². The minimum absolute atomic E-state index is 0.133. The number of carbonyl (C=O) groups is 1. The van der Waals surface area contributed by atoms with E-state index in [2.05, 4.69) is 11.9 Å². The number of ether oxygens (including phenoxy) is 2. The molecule has 0 saturated heterocycles. The van der Waals surface area contributed by atoms with Crippen LogP contribution in [0.2, 0.25) is 0 Å². The smallest absolute Gasteiger partial charge is 0.271 e. The Morgan fingerprint density at radius 3 is 2.86 bits per heavy atom. The van der Waals surface area contributed by atoms with E-state index in [0.29, 0.717) is 18.8 Å². The van der Waals surface area contributed by atoms with Gasteiger partial charge in [0.1, 0.15) is 11.9 Å². The summed E-state index contributed by atoms with van der Waals surface area (Å²) < 4.78 is 10.4. The minimum Gasteiger partial charge on any atom is -0.495 e. The zero-order valence-electron chi connectivity index (χ0n) is 12.0. The molecule has 1 rings (SSSR count). The number of rotatable bonds is 8. The van der Waals surface area contributed by atoms with Crippen LogP contribution in [-0.2, 0) is 9.53 Å². The Balaban J connectivity index is 2.80. The van der Waals surface area contributed by atoms with Gasteiger partial charge in [0.05, 0.1) is 24.3 Å². The largest absolute Gasteiger partial charge is 0.495 e. The van der Waals surface area contributed by atoms with Gasteiger partial charge in [0.25, 0.3) is 11.6 Å². The monoisotopic (exact) mass is 294 g/mol. The van der Waals surface area contributed by atoms with Crippen LogP contribution in [0.1, 0.15) is 13.3 Å². The van der Waals surface area contributed by atoms with Crippen LogP contribution in [0.25, 0.3) is 0 Å². The lowest BCUT2D eigenvalue weighted by Crippen LogP contribution is -2.28. The minimum atomic E-state index is -0.686. The lowest BCUT2D eigenvalue weighted by molar-refractivity contribution is -0.384. The maximum atomic E-state index is 12.0. The number of hydrogen-bond acceptors (Lipinski definition) is 5. The number of non-ortho nitro benzene ring substituents is 1. The highest BCUT2D eigenvalue weighted by atomic mass is 16.6. The highest BCUT2D eigenvalue weighted by Gasteiger charge is 2.17. The van der Waals surface area contributed by atoms with Gasteiger partial charge < -0.3 is 14.8 Å². The van der Waals surface area contributed by atoms with E-state index in [4.69, 9.17) is 9.47 Å². The second-order valence-corrected chi connectivity index (χ2v) is 4.22. The lowest BCUT2D eigenvalue weighted by atomic mass is 10.2. The van der Waals surface area contributed by atoms with Gasteiger partial charge >= 0.3 is 0 Å². The lowest BCUT2D eigenvalue weighted by Gasteiger charge is -2.14. The SMILES string of the molecule is C=CCCOC(C)C(=O)Nc1cc([N+](=O)[O-])ccc1OC. The second kappa shape index (κ2) is 8.01. The first-order valence-electron chi connectivity index (χ1n) is 6.35. The van der Waals surface area contributed by atoms with Crippen molar-refractivity contribution in [2.45, 2.75) is 19.4 Å². The molecule has 0 radical (unpaired) electrons. The van der Waals surface area contributed by atoms with Gasteiger partial charge in [0.2, 0.25) is 0 Å². The summed E-state index contributed by atoms with van der Waals surface area (Å²) in [5.74, 6) is -0.0647. The van der Waals surface area contributed by atoms with Crippen LogP contribution in [-0.4, -0.2) is 30.7 Å². The highest BCUT2D eigenvalue weighted by Crippen LogP contribution is 2.29. The predicted molar refractivity (Wildman–Crippen MR) is 78.5 cm³/mol. The van der Waals surface area contributed by atoms with Gasteiger partial charge in [-0.15, -0.1) is 6.58 Å². The molecule has 0 heterocycles. The van der Waals surface area contributed by atoms with Crippen molar-refractivity contribution < 1.29 is 19.2 Å². The summed E-state index contributed by atoms with van der Waals surface area (Å²) in [7, 11) is 1.42. The van der Waals surface area contributed by atoms with Crippen molar-refractivity contribution in [1.29, 1.82) is 0 Å². The molecular formula is C14H18N2O5. The zero-order chi connectivity index (χ0) is 15.8. The molecular weight excluding hydrogens is 276 g/mol. The Morgan fingerprint density at radius 1 is 1.57 bits per heavy atom. The molecule has 114 valence electrons. The molecule has 1 aromatic rings. The Hall–Kier alpha value is -2.41. The summed E-state index contributed by atoms with van der Waals surface area (Å²) in [4.78, 5) is 22.2. The van der Waals surface area contributed by atoms with Crippen molar-refractivity contribution in [1.82, 2.24) is 0 Å². The summed E-state index contributed by atoms with van der Waals surface area (Å²) >= 11 is 0. The fraction of sp³-hybridized carbons (Fsp3) is 0.357. The number of nitro benzene ring substituents is 1. The average molecular weight is 294 g/mol. The standard InChI is InChI=1S/C14H18N2O5/c1-4-5-8-21-10(2)14(17)15-12-9-11(16(18)19)6-7-13(12)20-3/h4,6-7,9-10H,1,5,8H2,2-3H3,(H,15,17). The highest BCUT2D eigenvalue weighted by molar-refractivity contribution is 5.95. The molecule has 1 N–H and O–H groups in total. The van der Waals surface area contributed by atoms with Gasteiger partial charge in [-0.1, -0.05) is 6.08 Å². The third-order valence-corrected chi connectivity index (χ3v) is 2.71. The van der Waals surface area contributed by atoms with Crippen molar-refractivity contribution in [3.05, 3.63) is 41.0 Å². The Morgan fingerprint density at radius 2 is 2.29 bits per heavy atom. The van der Waals surface area contributed by atoms with E-state index in [1.54, 1.807) is 13.0 Å². The summed E-state index contributed by atoms with van der Waals surface area (Å²) in [6.45, 7) is 5.54. The first kappa shape index (κ1) is 16.6. The van der Waals surface area contributed by atoms with E-state index < -0.39 is 16.9 Å². The Labute approximate surface area is 122 Å². The van der Waals surface area contributed by atoms with Gasteiger partial charge in [-0.25, -0.2) is 0 Å². The summed E-state index contributed by atoms with van der Waals surface area (Å²) in [6, 6.07) is 3.97. The first-order valence-corrected chi connectivity index (χ1v) is 6.35. The maximum absolute atomic E-state index is 12.0. The molecule has 0 aliphatic carbocycles. The molecule has 0 saturated carbocycles. The molecule has 1 amide bonds. The predicted octanol–water partition coefficient (Wildman–Crippen LogP) is 2.52. The molecule has 0 aliphatic rings. The van der Waals surface area contributed by atoms with Crippen LogP contribution < -0.4 is 10.1 Å². The van der Waals surface area contributed by atoms with E-state index in [1.165, 1.54) is 25.3 Å². The third-order valence-electron chi connectivity index (χ3n) is 2.71. The number of amides is 1. The molecule has 0 bridgehead atoms. The number of carbonyl (C=O) groups excluding carboxylic acids is 1. The summed E-state index contributed by atoms with van der Waals surface area (Å²) in [5, 5.41) is 13.3. The fourth-order valence-corrected chi connectivity index (χ4v) is 1.55. The number of nitrogens with one attached hydrogen (secondary N) is 1. The van der Waals surface area contributed by atoms with E-state index in [-0.39, 0.29) is 11.4 Å². The molecule has 1 unspecified atom stereocenters. The van der Waals surface area contributed by atoms with E-state index in [9.17, 15) is 14.9 Å². The van der Waals surface area contributed by atoms with Crippen molar-refractivity contribution in [3.8, 4) is 5.75 Å². The number of benzene rings is 1. The van der Waals surface area contributed by atoms with E-state index in [0.717, 1.165) is 0 Å². The molecule has 7 nitrogen and oxygen atoms in total. The first-order chi connectivity index (χ1) is 9.99. The molecule has 1 atom stereocenters. The summed E-state index contributed by atoms with van der Waals surface area (Å²) in [5.41, 5.74) is 0.0993. The van der Waals surface area contributed by atoms with Crippen molar-refractivity contribution in [2.24, 2.45) is 0 Å². The van der Waals surface area contributed by atoms with Gasteiger partial charge in [-0.05, 0) is 19.4 Å². The number of methoxy groups -OCH3 is 1. The zero-order valence-corrected chi connectivity index (χ0v) is 12.0. The van der Waals surface area contributed by atoms with Crippen LogP contribution in [0, 0.1) is 10.1 Å². The van der Waals surface area contributed by atoms with Gasteiger partial charge in [0.15, 0.2) is 0 Å². The average Bonchev–Trinajstić information content (AvgIpc) is 2.47. The van der Waals surface area contributed by atoms with Crippen LogP contribution in [0.5, 0.6) is 5.75 Å². The molecule has 0 aromatic heterocycles. The number of anilines is 1. The van der Waals surface area contributed by atoms with Gasteiger partial charge in [-0.3, -0.25) is 14.9 Å². The topological polar surface area (TPSA) is 90.7 Å². The Bertz CT molecular complexity index is 530. The van der Waals surface area contributed by atoms with Crippen LogP contribution in [0.3, 0.4) is 0 Å². The van der Waals surface area contributed by atoms with Crippen molar-refractivity contribution >= 4 is 17.3 Å². The number of nitrogens with zero attached hydrogens (tertiary/aromatic N) is 1. The number of hydrogen-bond donors (Lipinski definition) is 1. The van der Waals surface area contributed by atoms with Crippen molar-refractivity contribution in [3.63, 3.8) is 0 Å². The van der Waals surface area contributed by atoms with Gasteiger partial charge in [0, 0.05) is 12.1 Å². The second-order valence-electron chi connectivity index (χ2n) is 4.22. The third kappa shape index (κ3) is 4.88. The molecule has 0 fully saturated rings. The molecule has 21 heavy (non-hydrogen) atoms. The molecule has 1 aromatic carbocycles. The van der Waals surface area contributed by atoms with Crippen LogP contribution >= 0.6 is 0 Å². The van der Waals surface area contributed by atoms with E-state index in [1.807, 2.05) is 0 Å². The molecule has 7 heteroatoms. The maximum Gasteiger partial charge on any atom is 0.271 e. The molecule has 0 aliphatic heterocycles. The van der Waals surface area contributed by atoms with Crippen molar-refractivity contribution in [2.75, 3.05) is 19.0 Å². The Kier molecular flexibility index (Phi) is 6.35. The fourth-order valence-electron chi connectivity index (χ4n) is 1.55. The van der Waals surface area contributed by atoms with Crippen LogP contribution in [0.4, 0.5) is 11.4 Å². The normalized spacial score (nSPS) is 11.5. The summed E-state index contributed by atoms with van der Waals surface area (Å²) in [6.07, 6.45) is 1.64. The number of nitro groups is 1. The quantitative estimate of drug-likeness (QED) is 0.344. The van der Waals surface area contributed by atoms with Crippen LogP contribution in [0.15, 0.2) is 30.9 Å². The van der Waals surface area contributed by atoms with Gasteiger partial charge in [-0.2, -0.15) is 0 Å². The molecule has 0 spiro atoms.